The highest BCUT2D eigenvalue weighted by molar-refractivity contribution is 5.31. The van der Waals surface area contributed by atoms with Gasteiger partial charge in [-0.3, -0.25) is 0 Å². The second-order valence-corrected chi connectivity index (χ2v) is 4.85. The van der Waals surface area contributed by atoms with Crippen molar-refractivity contribution in [1.29, 1.82) is 0 Å². The molecule has 0 saturated carbocycles. The van der Waals surface area contributed by atoms with E-state index in [0.29, 0.717) is 5.92 Å². The Morgan fingerprint density at radius 2 is 2.29 bits per heavy atom. The number of piperidine rings is 1. The molecule has 3 heteroatoms. The van der Waals surface area contributed by atoms with Crippen molar-refractivity contribution in [3.63, 3.8) is 0 Å². The summed E-state index contributed by atoms with van der Waals surface area (Å²) in [5.74, 6) is 0.0873. The van der Waals surface area contributed by atoms with Crippen molar-refractivity contribution >= 4 is 0 Å². The molecular weight excluding hydrogens is 220 g/mol. The SMILES string of the molecule is CC(F)c1c(F)cccc1CC1CCCNC1. The summed E-state index contributed by atoms with van der Waals surface area (Å²) in [6.45, 7) is 3.42. The van der Waals surface area contributed by atoms with Crippen LogP contribution in [0, 0.1) is 11.7 Å². The van der Waals surface area contributed by atoms with Gasteiger partial charge in [-0.1, -0.05) is 12.1 Å². The van der Waals surface area contributed by atoms with Gasteiger partial charge in [-0.15, -0.1) is 0 Å². The van der Waals surface area contributed by atoms with Crippen LogP contribution >= 0.6 is 0 Å². The molecule has 1 aliphatic rings. The minimum Gasteiger partial charge on any atom is -0.316 e. The molecule has 1 aromatic carbocycles. The lowest BCUT2D eigenvalue weighted by Gasteiger charge is -2.24. The Bertz CT molecular complexity index is 370. The van der Waals surface area contributed by atoms with E-state index in [4.69, 9.17) is 0 Å². The van der Waals surface area contributed by atoms with E-state index in [1.165, 1.54) is 13.0 Å². The summed E-state index contributed by atoms with van der Waals surface area (Å²) in [7, 11) is 0. The third kappa shape index (κ3) is 3.03. The summed E-state index contributed by atoms with van der Waals surface area (Å²) in [5.41, 5.74) is 1.08. The Morgan fingerprint density at radius 3 is 2.94 bits per heavy atom. The molecule has 0 spiro atoms. The van der Waals surface area contributed by atoms with Crippen LogP contribution in [0.3, 0.4) is 0 Å². The first-order valence-electron chi connectivity index (χ1n) is 6.30. The van der Waals surface area contributed by atoms with E-state index in [1.807, 2.05) is 6.07 Å². The van der Waals surface area contributed by atoms with E-state index in [0.717, 1.165) is 37.9 Å². The number of benzene rings is 1. The molecule has 1 heterocycles. The zero-order valence-corrected chi connectivity index (χ0v) is 10.2. The van der Waals surface area contributed by atoms with E-state index in [2.05, 4.69) is 5.32 Å². The van der Waals surface area contributed by atoms with Gasteiger partial charge >= 0.3 is 0 Å². The lowest BCUT2D eigenvalue weighted by molar-refractivity contribution is 0.347. The molecule has 1 fully saturated rings. The van der Waals surface area contributed by atoms with Gasteiger partial charge in [0, 0.05) is 5.56 Å². The summed E-state index contributed by atoms with van der Waals surface area (Å²) in [4.78, 5) is 0. The summed E-state index contributed by atoms with van der Waals surface area (Å²) < 4.78 is 27.1. The largest absolute Gasteiger partial charge is 0.316 e. The van der Waals surface area contributed by atoms with E-state index in [9.17, 15) is 8.78 Å². The van der Waals surface area contributed by atoms with Gasteiger partial charge in [0.2, 0.25) is 0 Å². The first-order valence-corrected chi connectivity index (χ1v) is 6.30. The quantitative estimate of drug-likeness (QED) is 0.852. The van der Waals surface area contributed by atoms with Crippen molar-refractivity contribution in [2.45, 2.75) is 32.4 Å². The first kappa shape index (κ1) is 12.5. The fraction of sp³-hybridized carbons (Fsp3) is 0.571. The molecule has 0 bridgehead atoms. The van der Waals surface area contributed by atoms with Gasteiger partial charge in [-0.2, -0.15) is 0 Å². The Balaban J connectivity index is 2.16. The molecule has 2 unspecified atom stereocenters. The second kappa shape index (κ2) is 5.58. The highest BCUT2D eigenvalue weighted by atomic mass is 19.1. The number of nitrogens with one attached hydrogen (secondary N) is 1. The molecule has 0 radical (unpaired) electrons. The average molecular weight is 239 g/mol. The van der Waals surface area contributed by atoms with Crippen LogP contribution in [0.25, 0.3) is 0 Å². The zero-order valence-electron chi connectivity index (χ0n) is 10.2. The van der Waals surface area contributed by atoms with Crippen molar-refractivity contribution in [3.05, 3.63) is 35.1 Å². The molecule has 0 aromatic heterocycles. The molecule has 2 atom stereocenters. The van der Waals surface area contributed by atoms with Crippen LogP contribution in [0.4, 0.5) is 8.78 Å². The Labute approximate surface area is 101 Å². The minimum absolute atomic E-state index is 0.248. The van der Waals surface area contributed by atoms with E-state index in [1.54, 1.807) is 6.07 Å². The third-order valence-electron chi connectivity index (χ3n) is 3.45. The van der Waals surface area contributed by atoms with Crippen molar-refractivity contribution in [2.75, 3.05) is 13.1 Å². The van der Waals surface area contributed by atoms with Gasteiger partial charge in [-0.25, -0.2) is 8.78 Å². The minimum atomic E-state index is -1.23. The molecule has 1 N–H and O–H groups in total. The fourth-order valence-electron chi connectivity index (χ4n) is 2.61. The first-order chi connectivity index (χ1) is 8.18. The normalized spacial score (nSPS) is 22.4. The van der Waals surface area contributed by atoms with Gasteiger partial charge in [0.1, 0.15) is 12.0 Å². The number of rotatable bonds is 3. The maximum atomic E-state index is 13.6. The van der Waals surface area contributed by atoms with Crippen molar-refractivity contribution in [1.82, 2.24) is 5.32 Å². The number of hydrogen-bond donors (Lipinski definition) is 1. The Hall–Kier alpha value is -0.960. The lowest BCUT2D eigenvalue weighted by atomic mass is 9.89. The molecule has 1 saturated heterocycles. The maximum absolute atomic E-state index is 13.6. The molecule has 0 aliphatic carbocycles. The average Bonchev–Trinajstić information content (AvgIpc) is 2.30. The highest BCUT2D eigenvalue weighted by Gasteiger charge is 2.19. The fourth-order valence-corrected chi connectivity index (χ4v) is 2.61. The van der Waals surface area contributed by atoms with Crippen LogP contribution in [0.5, 0.6) is 0 Å². The highest BCUT2D eigenvalue weighted by Crippen LogP contribution is 2.27. The van der Waals surface area contributed by atoms with Gasteiger partial charge in [-0.05, 0) is 56.8 Å². The summed E-state index contributed by atoms with van der Waals surface area (Å²) in [5, 5.41) is 3.33. The summed E-state index contributed by atoms with van der Waals surface area (Å²) in [6.07, 6.45) is 1.83. The van der Waals surface area contributed by atoms with Crippen molar-refractivity contribution < 1.29 is 8.78 Å². The predicted molar refractivity (Wildman–Crippen MR) is 65.2 cm³/mol. The van der Waals surface area contributed by atoms with E-state index < -0.39 is 12.0 Å². The molecule has 1 aromatic rings. The zero-order chi connectivity index (χ0) is 12.3. The lowest BCUT2D eigenvalue weighted by Crippen LogP contribution is -2.31. The van der Waals surface area contributed by atoms with Crippen molar-refractivity contribution in [3.8, 4) is 0 Å². The van der Waals surface area contributed by atoms with E-state index in [-0.39, 0.29) is 5.56 Å². The van der Waals surface area contributed by atoms with Crippen LogP contribution in [-0.4, -0.2) is 13.1 Å². The topological polar surface area (TPSA) is 12.0 Å². The molecule has 2 rings (SSSR count). The molecule has 17 heavy (non-hydrogen) atoms. The predicted octanol–water partition coefficient (Wildman–Crippen LogP) is 3.40. The number of hydrogen-bond acceptors (Lipinski definition) is 1. The van der Waals surface area contributed by atoms with Crippen LogP contribution in [0.2, 0.25) is 0 Å². The van der Waals surface area contributed by atoms with Gasteiger partial charge in [0.15, 0.2) is 0 Å². The van der Waals surface area contributed by atoms with Crippen LogP contribution in [-0.2, 0) is 6.42 Å². The monoisotopic (exact) mass is 239 g/mol. The molecule has 0 amide bonds. The van der Waals surface area contributed by atoms with Crippen LogP contribution < -0.4 is 5.32 Å². The Kier molecular flexibility index (Phi) is 4.11. The van der Waals surface area contributed by atoms with Crippen LogP contribution in [0.15, 0.2) is 18.2 Å². The van der Waals surface area contributed by atoms with Gasteiger partial charge in [0.05, 0.1) is 0 Å². The standard InChI is InChI=1S/C14H19F2N/c1-10(15)14-12(5-2-6-13(14)16)8-11-4-3-7-17-9-11/h2,5-6,10-11,17H,3-4,7-9H2,1H3. The van der Waals surface area contributed by atoms with E-state index >= 15 is 0 Å². The maximum Gasteiger partial charge on any atom is 0.129 e. The van der Waals surface area contributed by atoms with Gasteiger partial charge < -0.3 is 5.32 Å². The second-order valence-electron chi connectivity index (χ2n) is 4.85. The number of alkyl halides is 1. The molecule has 94 valence electrons. The third-order valence-corrected chi connectivity index (χ3v) is 3.45. The smallest absolute Gasteiger partial charge is 0.129 e. The van der Waals surface area contributed by atoms with Gasteiger partial charge in [0.25, 0.3) is 0 Å². The van der Waals surface area contributed by atoms with Crippen molar-refractivity contribution in [2.24, 2.45) is 5.92 Å². The summed E-state index contributed by atoms with van der Waals surface area (Å²) in [6, 6.07) is 4.87. The molecule has 1 aliphatic heterocycles. The molecule has 1 nitrogen and oxygen atoms in total. The number of halogens is 2. The summed E-state index contributed by atoms with van der Waals surface area (Å²) >= 11 is 0. The molecular formula is C14H19F2N. The Morgan fingerprint density at radius 1 is 1.47 bits per heavy atom. The van der Waals surface area contributed by atoms with Crippen LogP contribution in [0.1, 0.15) is 37.1 Å².